The number of aliphatic carboxylic acids is 1. The first kappa shape index (κ1) is 40.3. The van der Waals surface area contributed by atoms with E-state index in [0.717, 1.165) is 51.4 Å². The van der Waals surface area contributed by atoms with Gasteiger partial charge in [0, 0.05) is 59.1 Å². The number of pyridine rings is 1. The Morgan fingerprint density at radius 2 is 1.73 bits per heavy atom. The number of aromatic nitrogens is 3. The first-order chi connectivity index (χ1) is 26.2. The second-order valence-corrected chi connectivity index (χ2v) is 15.2. The minimum atomic E-state index is -1.17. The molecule has 288 valence electrons. The normalized spacial score (nSPS) is 16.1. The molecule has 55 heavy (non-hydrogen) atoms. The summed E-state index contributed by atoms with van der Waals surface area (Å²) in [4.78, 5) is 20.6. The first-order valence-electron chi connectivity index (χ1n) is 18.2. The summed E-state index contributed by atoms with van der Waals surface area (Å²) in [7, 11) is 2.22. The van der Waals surface area contributed by atoms with Crippen molar-refractivity contribution >= 4 is 59.3 Å². The number of nitriles is 1. The van der Waals surface area contributed by atoms with E-state index in [2.05, 4.69) is 57.5 Å². The monoisotopic (exact) mass is 801 g/mol. The molecule has 0 bridgehead atoms. The van der Waals surface area contributed by atoms with Crippen LogP contribution in [-0.2, 0) is 24.5 Å². The molecule has 2 aliphatic rings. The van der Waals surface area contributed by atoms with E-state index >= 15 is 0 Å². The van der Waals surface area contributed by atoms with Crippen molar-refractivity contribution in [2.24, 2.45) is 5.41 Å². The highest BCUT2D eigenvalue weighted by Gasteiger charge is 2.37. The highest BCUT2D eigenvalue weighted by molar-refractivity contribution is 7.59. The van der Waals surface area contributed by atoms with Gasteiger partial charge in [0.1, 0.15) is 24.5 Å². The molecule has 1 atom stereocenters. The lowest BCUT2D eigenvalue weighted by atomic mass is 9.71. The Balaban J connectivity index is 0.00000514. The molecule has 2 fully saturated rings. The topological polar surface area (TPSA) is 140 Å². The predicted molar refractivity (Wildman–Crippen MR) is 220 cm³/mol. The molecular weight excluding hydrogens is 757 g/mol. The number of aliphatic hydroxyl groups is 1. The van der Waals surface area contributed by atoms with E-state index in [1.165, 1.54) is 45.0 Å². The van der Waals surface area contributed by atoms with Crippen LogP contribution < -0.4 is 15.0 Å². The van der Waals surface area contributed by atoms with Crippen molar-refractivity contribution in [3.05, 3.63) is 105 Å². The maximum Gasteiger partial charge on any atom is 0.323 e. The Labute approximate surface area is 337 Å². The number of nitrogens with zero attached hydrogens (tertiary/aromatic N) is 6. The molecule has 0 unspecified atom stereocenters. The Hall–Kier alpha value is -4.35. The largest absolute Gasteiger partial charge is 0.489 e. The number of likely N-dealkylation sites (tertiary alicyclic amines) is 1. The van der Waals surface area contributed by atoms with Crippen LogP contribution in [0, 0.1) is 16.7 Å². The van der Waals surface area contributed by atoms with Crippen LogP contribution in [0.4, 0.5) is 5.69 Å². The second-order valence-electron chi connectivity index (χ2n) is 14.5. The van der Waals surface area contributed by atoms with Gasteiger partial charge in [-0.05, 0) is 92.7 Å². The number of rotatable bonds is 12. The van der Waals surface area contributed by atoms with Crippen molar-refractivity contribution in [3.63, 3.8) is 0 Å². The van der Waals surface area contributed by atoms with Crippen LogP contribution in [0.1, 0.15) is 47.9 Å². The SMILES string of the molecule is CN1CCC2(CC1)CCN(c1cccc(-c3cccc4c3cnn4Cc3cc(OCc4cncc(C#N)c4)c(CN[C@@H](CO)C(=O)O)cc3Cl)c1Cl)CC2.S. The number of carboxylic acid groups (broad SMARTS) is 1. The molecule has 0 radical (unpaired) electrons. The number of piperidine rings is 2. The zero-order valence-corrected chi connectivity index (χ0v) is 33.2. The van der Waals surface area contributed by atoms with Gasteiger partial charge in [-0.15, -0.1) is 0 Å². The van der Waals surface area contributed by atoms with Crippen molar-refractivity contribution in [3.8, 4) is 22.9 Å². The molecule has 4 heterocycles. The zero-order chi connectivity index (χ0) is 37.8. The van der Waals surface area contributed by atoms with Gasteiger partial charge >= 0.3 is 5.97 Å². The Morgan fingerprint density at radius 1 is 1.00 bits per heavy atom. The molecule has 3 aromatic carbocycles. The fourth-order valence-corrected chi connectivity index (χ4v) is 8.29. The van der Waals surface area contributed by atoms with E-state index in [0.29, 0.717) is 39.4 Å². The fourth-order valence-electron chi connectivity index (χ4n) is 7.69. The lowest BCUT2D eigenvalue weighted by Crippen LogP contribution is -2.46. The summed E-state index contributed by atoms with van der Waals surface area (Å²) >= 11 is 14.1. The number of carboxylic acids is 1. The van der Waals surface area contributed by atoms with Crippen LogP contribution in [0.2, 0.25) is 10.0 Å². The highest BCUT2D eigenvalue weighted by atomic mass is 35.5. The van der Waals surface area contributed by atoms with Gasteiger partial charge in [-0.2, -0.15) is 23.9 Å². The Kier molecular flexibility index (Phi) is 12.9. The molecular formula is C41H45Cl2N7O4S. The molecule has 0 amide bonds. The number of hydrogen-bond donors (Lipinski definition) is 3. The van der Waals surface area contributed by atoms with Gasteiger partial charge in [-0.25, -0.2) is 0 Å². The molecule has 0 saturated carbocycles. The molecule has 3 N–H and O–H groups in total. The molecule has 2 aliphatic heterocycles. The number of halogens is 2. The van der Waals surface area contributed by atoms with E-state index < -0.39 is 18.6 Å². The van der Waals surface area contributed by atoms with Crippen molar-refractivity contribution in [1.82, 2.24) is 25.0 Å². The smallest absolute Gasteiger partial charge is 0.323 e. The van der Waals surface area contributed by atoms with Gasteiger partial charge in [0.05, 0.1) is 41.1 Å². The number of benzene rings is 3. The van der Waals surface area contributed by atoms with Gasteiger partial charge < -0.3 is 24.7 Å². The summed E-state index contributed by atoms with van der Waals surface area (Å²) in [6, 6.07) is 18.6. The van der Waals surface area contributed by atoms with Gasteiger partial charge in [0.2, 0.25) is 0 Å². The van der Waals surface area contributed by atoms with Crippen LogP contribution in [0.3, 0.4) is 0 Å². The Bertz CT molecular complexity index is 2190. The van der Waals surface area contributed by atoms with Crippen molar-refractivity contribution in [2.75, 3.05) is 44.7 Å². The summed E-state index contributed by atoms with van der Waals surface area (Å²) in [5.41, 5.74) is 6.82. The summed E-state index contributed by atoms with van der Waals surface area (Å²) in [6.45, 7) is 4.29. The van der Waals surface area contributed by atoms with Gasteiger partial charge in [0.25, 0.3) is 0 Å². The van der Waals surface area contributed by atoms with Crippen molar-refractivity contribution in [2.45, 2.75) is 51.4 Å². The van der Waals surface area contributed by atoms with Crippen LogP contribution in [0.25, 0.3) is 22.0 Å². The lowest BCUT2D eigenvalue weighted by molar-refractivity contribution is -0.140. The second kappa shape index (κ2) is 17.6. The van der Waals surface area contributed by atoms with Gasteiger partial charge in [-0.3, -0.25) is 19.8 Å². The number of fused-ring (bicyclic) bond motifs is 1. The number of aliphatic hydroxyl groups excluding tert-OH is 1. The number of anilines is 1. The molecule has 1 spiro atoms. The third-order valence-corrected chi connectivity index (χ3v) is 11.8. The average molecular weight is 803 g/mol. The lowest BCUT2D eigenvalue weighted by Gasteiger charge is -2.47. The average Bonchev–Trinajstić information content (AvgIpc) is 3.60. The fraction of sp³-hybridized carbons (Fsp3) is 0.366. The van der Waals surface area contributed by atoms with Crippen LogP contribution in [-0.4, -0.2) is 81.7 Å². The molecule has 2 saturated heterocycles. The summed E-state index contributed by atoms with van der Waals surface area (Å²) in [5, 5.41) is 38.1. The molecule has 5 aromatic rings. The van der Waals surface area contributed by atoms with Gasteiger partial charge in [0.15, 0.2) is 0 Å². The van der Waals surface area contributed by atoms with Crippen LogP contribution in [0.15, 0.2) is 73.2 Å². The summed E-state index contributed by atoms with van der Waals surface area (Å²) < 4.78 is 8.12. The maximum absolute atomic E-state index is 11.6. The molecule has 7 rings (SSSR count). The standard InChI is InChI=1S/C41H43Cl2N7O4.H2S/c1-48-12-8-41(9-13-48)10-14-49(15-11-41)37-7-3-5-32(39(37)43)31-4-2-6-36-33(31)23-47-50(36)24-30-18-38(54-26-28-16-27(19-44)20-45-21-28)29(17-34(30)42)22-46-35(25-51)40(52)53;/h2-7,16-18,20-21,23,35,46,51H,8-15,22,24-26H2,1H3,(H,52,53);1H2/t35-;/m0./s1. The zero-order valence-electron chi connectivity index (χ0n) is 30.6. The third kappa shape index (κ3) is 8.88. The molecule has 11 nitrogen and oxygen atoms in total. The van der Waals surface area contributed by atoms with Gasteiger partial charge in [-0.1, -0.05) is 47.5 Å². The summed E-state index contributed by atoms with van der Waals surface area (Å²) in [6.07, 6.45) is 9.87. The highest BCUT2D eigenvalue weighted by Crippen LogP contribution is 2.45. The predicted octanol–water partition coefficient (Wildman–Crippen LogP) is 6.86. The molecule has 14 heteroatoms. The molecule has 0 aliphatic carbocycles. The van der Waals surface area contributed by atoms with Crippen LogP contribution in [0.5, 0.6) is 5.75 Å². The number of hydrogen-bond acceptors (Lipinski definition) is 9. The van der Waals surface area contributed by atoms with E-state index in [-0.39, 0.29) is 26.6 Å². The Morgan fingerprint density at radius 3 is 2.45 bits per heavy atom. The van der Waals surface area contributed by atoms with E-state index in [1.807, 2.05) is 29.1 Å². The number of nitrogens with one attached hydrogen (secondary N) is 1. The van der Waals surface area contributed by atoms with E-state index in [9.17, 15) is 20.3 Å². The van der Waals surface area contributed by atoms with E-state index in [4.69, 9.17) is 33.0 Å². The van der Waals surface area contributed by atoms with Crippen molar-refractivity contribution in [1.29, 1.82) is 5.26 Å². The third-order valence-electron chi connectivity index (χ3n) is 11.1. The molecule has 2 aromatic heterocycles. The quantitative estimate of drug-likeness (QED) is 0.123. The maximum atomic E-state index is 11.6. The summed E-state index contributed by atoms with van der Waals surface area (Å²) in [5.74, 6) is -0.709. The first-order valence-corrected chi connectivity index (χ1v) is 18.9. The minimum absolute atomic E-state index is 0. The van der Waals surface area contributed by atoms with E-state index in [1.54, 1.807) is 18.3 Å². The number of carbonyl (C=O) groups is 1. The van der Waals surface area contributed by atoms with Crippen molar-refractivity contribution < 1.29 is 19.7 Å². The van der Waals surface area contributed by atoms with Crippen LogP contribution >= 0.6 is 36.7 Å². The number of ether oxygens (including phenoxy) is 1. The minimum Gasteiger partial charge on any atom is -0.489 e.